The lowest BCUT2D eigenvalue weighted by Gasteiger charge is -2.11. The lowest BCUT2D eigenvalue weighted by molar-refractivity contribution is 0.667. The van der Waals surface area contributed by atoms with E-state index in [1.807, 2.05) is 48.5 Å². The molecule has 0 amide bonds. The van der Waals surface area contributed by atoms with Gasteiger partial charge in [0.15, 0.2) is 23.1 Å². The summed E-state index contributed by atoms with van der Waals surface area (Å²) < 4.78 is 8.48. The molecule has 0 N–H and O–H groups in total. The Labute approximate surface area is 287 Å². The molecule has 0 aliphatic heterocycles. The van der Waals surface area contributed by atoms with Crippen LogP contribution in [0.4, 0.5) is 0 Å². The first kappa shape index (κ1) is 28.1. The van der Waals surface area contributed by atoms with Crippen molar-refractivity contribution in [2.24, 2.45) is 0 Å². The second-order valence-corrected chi connectivity index (χ2v) is 12.4. The number of benzene rings is 6. The first-order valence-corrected chi connectivity index (χ1v) is 16.5. The summed E-state index contributed by atoms with van der Waals surface area (Å²) in [5, 5.41) is 4.56. The van der Waals surface area contributed by atoms with Crippen LogP contribution in [0.15, 0.2) is 168 Å². The van der Waals surface area contributed by atoms with Gasteiger partial charge in [-0.25, -0.2) is 15.0 Å². The minimum atomic E-state index is 0.579. The lowest BCUT2D eigenvalue weighted by Crippen LogP contribution is -2.00. The van der Waals surface area contributed by atoms with Gasteiger partial charge in [-0.05, 0) is 59.7 Å². The van der Waals surface area contributed by atoms with Gasteiger partial charge < -0.3 is 8.98 Å². The summed E-state index contributed by atoms with van der Waals surface area (Å²) in [4.78, 5) is 19.2. The fourth-order valence-electron chi connectivity index (χ4n) is 6.96. The minimum absolute atomic E-state index is 0.579. The maximum atomic E-state index is 6.15. The lowest BCUT2D eigenvalue weighted by atomic mass is 10.0. The van der Waals surface area contributed by atoms with Crippen LogP contribution in [0.2, 0.25) is 0 Å². The Morgan fingerprint density at radius 2 is 0.980 bits per heavy atom. The molecule has 50 heavy (non-hydrogen) atoms. The van der Waals surface area contributed by atoms with E-state index in [2.05, 4.69) is 113 Å². The van der Waals surface area contributed by atoms with E-state index in [9.17, 15) is 0 Å². The number of furan rings is 1. The van der Waals surface area contributed by atoms with Crippen molar-refractivity contribution in [1.29, 1.82) is 0 Å². The van der Waals surface area contributed by atoms with Gasteiger partial charge in [-0.3, -0.25) is 4.98 Å². The van der Waals surface area contributed by atoms with Crippen LogP contribution >= 0.6 is 0 Å². The van der Waals surface area contributed by atoms with E-state index in [4.69, 9.17) is 19.4 Å². The second-order valence-electron chi connectivity index (χ2n) is 12.4. The molecule has 0 radical (unpaired) electrons. The number of fused-ring (bicyclic) bond motifs is 6. The average Bonchev–Trinajstić information content (AvgIpc) is 3.74. The highest BCUT2D eigenvalue weighted by molar-refractivity contribution is 6.09. The van der Waals surface area contributed by atoms with Crippen molar-refractivity contribution in [3.8, 4) is 51.0 Å². The number of hydrogen-bond acceptors (Lipinski definition) is 5. The van der Waals surface area contributed by atoms with Gasteiger partial charge in [0, 0.05) is 50.1 Å². The van der Waals surface area contributed by atoms with Crippen molar-refractivity contribution in [2.75, 3.05) is 0 Å². The van der Waals surface area contributed by atoms with E-state index < -0.39 is 0 Å². The predicted octanol–water partition coefficient (Wildman–Crippen LogP) is 10.9. The van der Waals surface area contributed by atoms with Gasteiger partial charge in [-0.15, -0.1) is 0 Å². The highest BCUT2D eigenvalue weighted by Crippen LogP contribution is 2.35. The van der Waals surface area contributed by atoms with Crippen LogP contribution in [0.5, 0.6) is 0 Å². The summed E-state index contributed by atoms with van der Waals surface area (Å²) in [6.07, 6.45) is 3.53. The summed E-state index contributed by atoms with van der Waals surface area (Å²) >= 11 is 0. The highest BCUT2D eigenvalue weighted by atomic mass is 16.3. The van der Waals surface area contributed by atoms with E-state index in [0.29, 0.717) is 17.5 Å². The Morgan fingerprint density at radius 3 is 1.72 bits per heavy atom. The Morgan fingerprint density at radius 1 is 0.400 bits per heavy atom. The summed E-state index contributed by atoms with van der Waals surface area (Å²) in [6, 6.07) is 52.4. The van der Waals surface area contributed by atoms with E-state index in [1.165, 1.54) is 21.8 Å². The molecule has 10 rings (SSSR count). The minimum Gasteiger partial charge on any atom is -0.454 e. The summed E-state index contributed by atoms with van der Waals surface area (Å²) in [7, 11) is 0. The number of aromatic nitrogens is 5. The van der Waals surface area contributed by atoms with Crippen molar-refractivity contribution in [1.82, 2.24) is 24.5 Å². The molecule has 10 aromatic rings. The molecule has 6 heteroatoms. The molecule has 0 bridgehead atoms. The number of rotatable bonds is 5. The van der Waals surface area contributed by atoms with E-state index in [0.717, 1.165) is 55.4 Å². The van der Waals surface area contributed by atoms with Gasteiger partial charge in [-0.1, -0.05) is 103 Å². The Hall–Kier alpha value is -6.92. The van der Waals surface area contributed by atoms with Gasteiger partial charge in [0.1, 0.15) is 5.58 Å². The smallest absolute Gasteiger partial charge is 0.164 e. The third-order valence-electron chi connectivity index (χ3n) is 9.36. The first-order chi connectivity index (χ1) is 24.8. The van der Waals surface area contributed by atoms with Gasteiger partial charge in [0.05, 0.1) is 17.2 Å². The molecule has 0 spiro atoms. The largest absolute Gasteiger partial charge is 0.454 e. The number of pyridine rings is 1. The topological polar surface area (TPSA) is 69.6 Å². The average molecular weight is 642 g/mol. The monoisotopic (exact) mass is 641 g/mol. The predicted molar refractivity (Wildman–Crippen MR) is 201 cm³/mol. The van der Waals surface area contributed by atoms with E-state index >= 15 is 0 Å². The maximum absolute atomic E-state index is 6.15. The van der Waals surface area contributed by atoms with Crippen molar-refractivity contribution in [3.63, 3.8) is 0 Å². The SMILES string of the molecule is c1ccc(-c2nc(-c3cccc(-c4ccc(-n5c6ccccc6c6ccccc65)cc4)c3)nc(-c3ccc4c(c3)oc3cnccc34)n2)cc1. The van der Waals surface area contributed by atoms with Gasteiger partial charge in [-0.2, -0.15) is 0 Å². The van der Waals surface area contributed by atoms with Crippen LogP contribution in [0, 0.1) is 0 Å². The zero-order chi connectivity index (χ0) is 33.0. The molecule has 6 aromatic carbocycles. The summed E-state index contributed by atoms with van der Waals surface area (Å²) in [5.74, 6) is 1.79. The third-order valence-corrected chi connectivity index (χ3v) is 9.36. The quantitative estimate of drug-likeness (QED) is 0.187. The molecule has 234 valence electrons. The van der Waals surface area contributed by atoms with E-state index in [-0.39, 0.29) is 0 Å². The molecule has 4 aromatic heterocycles. The first-order valence-electron chi connectivity index (χ1n) is 16.5. The zero-order valence-corrected chi connectivity index (χ0v) is 26.7. The molecular weight excluding hydrogens is 615 g/mol. The third kappa shape index (κ3) is 4.65. The van der Waals surface area contributed by atoms with Crippen LogP contribution < -0.4 is 0 Å². The second kappa shape index (κ2) is 11.4. The summed E-state index contributed by atoms with van der Waals surface area (Å²) in [5.41, 5.74) is 9.89. The van der Waals surface area contributed by atoms with Gasteiger partial charge in [0.2, 0.25) is 0 Å². The molecule has 0 atom stereocenters. The van der Waals surface area contributed by atoms with Crippen LogP contribution in [0.25, 0.3) is 94.7 Å². The summed E-state index contributed by atoms with van der Waals surface area (Å²) in [6.45, 7) is 0. The van der Waals surface area contributed by atoms with Crippen LogP contribution in [-0.4, -0.2) is 24.5 Å². The van der Waals surface area contributed by atoms with Crippen LogP contribution in [0.1, 0.15) is 0 Å². The Bertz CT molecular complexity index is 2820. The molecular formula is C44H27N5O. The van der Waals surface area contributed by atoms with Crippen molar-refractivity contribution < 1.29 is 4.42 Å². The van der Waals surface area contributed by atoms with E-state index in [1.54, 1.807) is 12.4 Å². The molecule has 0 aliphatic carbocycles. The fraction of sp³-hybridized carbons (Fsp3) is 0. The zero-order valence-electron chi connectivity index (χ0n) is 26.7. The van der Waals surface area contributed by atoms with Crippen LogP contribution in [-0.2, 0) is 0 Å². The van der Waals surface area contributed by atoms with Gasteiger partial charge >= 0.3 is 0 Å². The number of hydrogen-bond donors (Lipinski definition) is 0. The molecule has 0 fully saturated rings. The van der Waals surface area contributed by atoms with Crippen molar-refractivity contribution in [2.45, 2.75) is 0 Å². The fourth-order valence-corrected chi connectivity index (χ4v) is 6.96. The molecule has 4 heterocycles. The maximum Gasteiger partial charge on any atom is 0.164 e. The molecule has 0 saturated heterocycles. The van der Waals surface area contributed by atoms with Crippen LogP contribution in [0.3, 0.4) is 0 Å². The normalized spacial score (nSPS) is 11.6. The molecule has 0 aliphatic rings. The molecule has 0 unspecified atom stereocenters. The van der Waals surface area contributed by atoms with Gasteiger partial charge in [0.25, 0.3) is 0 Å². The van der Waals surface area contributed by atoms with Crippen molar-refractivity contribution >= 4 is 43.7 Å². The Kier molecular flexibility index (Phi) is 6.39. The Balaban J connectivity index is 1.06. The molecule has 0 saturated carbocycles. The van der Waals surface area contributed by atoms with Crippen molar-refractivity contribution in [3.05, 3.63) is 164 Å². The molecule has 6 nitrogen and oxygen atoms in total. The number of nitrogens with zero attached hydrogens (tertiary/aromatic N) is 5. The highest BCUT2D eigenvalue weighted by Gasteiger charge is 2.16. The standard InChI is InChI=1S/C44H27N5O/c1-2-9-29(10-3-1)42-46-43(48-44(47-42)32-19-22-36-37-23-24-45-27-41(37)50-40(36)26-32)31-12-8-11-30(25-31)28-17-20-33(21-18-28)49-38-15-6-4-13-34(38)35-14-5-7-16-39(35)49/h1-27H. The number of para-hydroxylation sites is 2.